The van der Waals surface area contributed by atoms with Gasteiger partial charge in [0.2, 0.25) is 5.79 Å². The van der Waals surface area contributed by atoms with Crippen LogP contribution >= 0.6 is 0 Å². The van der Waals surface area contributed by atoms with E-state index in [0.29, 0.717) is 25.7 Å². The number of carbonyl (C=O) groups excluding carboxylic acids is 3. The molecule has 3 fully saturated rings. The van der Waals surface area contributed by atoms with Crippen LogP contribution in [0.4, 0.5) is 0 Å². The number of unbranched alkanes of at least 4 members (excludes halogenated alkanes) is 4. The zero-order chi connectivity index (χ0) is 39.3. The van der Waals surface area contributed by atoms with E-state index in [9.17, 15) is 29.7 Å². The lowest BCUT2D eigenvalue weighted by Crippen LogP contribution is -2.62. The Morgan fingerprint density at radius 2 is 1.69 bits per heavy atom. The first-order valence-electron chi connectivity index (χ1n) is 19.9. The van der Waals surface area contributed by atoms with E-state index in [2.05, 4.69) is 13.5 Å². The number of rotatable bonds is 11. The molecule has 4 unspecified atom stereocenters. The lowest BCUT2D eigenvalue weighted by molar-refractivity contribution is -0.327. The average molecular weight is 765 g/mol. The molecule has 0 aromatic rings. The fourth-order valence-electron chi connectivity index (χ4n) is 7.89. The average Bonchev–Trinajstić information content (AvgIpc) is 3.11. The van der Waals surface area contributed by atoms with Crippen molar-refractivity contribution >= 4 is 17.9 Å². The van der Waals surface area contributed by atoms with Crippen molar-refractivity contribution in [3.8, 4) is 0 Å². The predicted octanol–water partition coefficient (Wildman–Crippen LogP) is 5.27. The lowest BCUT2D eigenvalue weighted by Gasteiger charge is -2.51. The second kappa shape index (κ2) is 21.0. The van der Waals surface area contributed by atoms with E-state index >= 15 is 0 Å². The first-order chi connectivity index (χ1) is 25.8. The van der Waals surface area contributed by atoms with E-state index in [0.717, 1.165) is 44.9 Å². The molecule has 10 atom stereocenters. The smallest absolute Gasteiger partial charge is 0.330 e. The highest BCUT2D eigenvalue weighted by molar-refractivity contribution is 5.83. The summed E-state index contributed by atoms with van der Waals surface area (Å²) in [7, 11) is 1.22. The van der Waals surface area contributed by atoms with Crippen molar-refractivity contribution in [2.24, 2.45) is 5.41 Å². The van der Waals surface area contributed by atoms with Crippen molar-refractivity contribution in [2.75, 3.05) is 13.7 Å². The molecular weight excluding hydrogens is 700 g/mol. The maximum atomic E-state index is 13.4. The maximum absolute atomic E-state index is 13.4. The summed E-state index contributed by atoms with van der Waals surface area (Å²) in [6.45, 7) is 8.86. The molecule has 0 aromatic heterocycles. The SMILES string of the molecule is C=CCC1CC2CC3CCC[C@@H](C[C@@H](O)CC(=O)OC(CO)C[C@@H]4CC(=CC(=O)OC)[C@H](OC(=O)CCCCCCC)[C@@](O)(O4)C(C)(C)C=C[C@@H](O1)O2)O3. The van der Waals surface area contributed by atoms with Crippen molar-refractivity contribution in [2.45, 2.75) is 184 Å². The quantitative estimate of drug-likeness (QED) is 0.0816. The van der Waals surface area contributed by atoms with Gasteiger partial charge in [0, 0.05) is 43.6 Å². The molecule has 54 heavy (non-hydrogen) atoms. The van der Waals surface area contributed by atoms with Gasteiger partial charge in [0.15, 0.2) is 12.4 Å². The van der Waals surface area contributed by atoms with E-state index in [4.69, 9.17) is 33.2 Å². The first-order valence-corrected chi connectivity index (χ1v) is 19.9. The molecule has 6 bridgehead atoms. The third kappa shape index (κ3) is 12.7. The van der Waals surface area contributed by atoms with Crippen LogP contribution in [0.5, 0.6) is 0 Å². The molecule has 0 saturated carbocycles. The Hall–Kier alpha value is -2.65. The molecule has 4 rings (SSSR count). The zero-order valence-electron chi connectivity index (χ0n) is 32.7. The van der Waals surface area contributed by atoms with Gasteiger partial charge in [-0.2, -0.15) is 0 Å². The van der Waals surface area contributed by atoms with E-state index < -0.39 is 66.4 Å². The Bertz CT molecular complexity index is 1300. The number of methoxy groups -OCH3 is 1. The number of ether oxygens (including phenoxy) is 7. The maximum Gasteiger partial charge on any atom is 0.330 e. The van der Waals surface area contributed by atoms with Crippen molar-refractivity contribution in [3.05, 3.63) is 36.5 Å². The molecule has 13 heteroatoms. The highest BCUT2D eigenvalue weighted by Gasteiger charge is 2.57. The number of esters is 3. The number of hydrogen-bond acceptors (Lipinski definition) is 13. The number of aliphatic hydroxyl groups is 3. The van der Waals surface area contributed by atoms with Crippen LogP contribution in [0.1, 0.15) is 124 Å². The lowest BCUT2D eigenvalue weighted by atomic mass is 9.74. The zero-order valence-corrected chi connectivity index (χ0v) is 32.7. The fourth-order valence-corrected chi connectivity index (χ4v) is 7.89. The molecular formula is C41H64O13. The second-order valence-corrected chi connectivity index (χ2v) is 15.8. The Balaban J connectivity index is 1.72. The summed E-state index contributed by atoms with van der Waals surface area (Å²) in [4.78, 5) is 39.1. The van der Waals surface area contributed by atoms with Crippen molar-refractivity contribution in [3.63, 3.8) is 0 Å². The summed E-state index contributed by atoms with van der Waals surface area (Å²) in [5.74, 6) is -4.26. The Labute approximate surface area is 320 Å². The molecule has 0 aliphatic carbocycles. The molecule has 3 N–H and O–H groups in total. The molecule has 4 aliphatic heterocycles. The van der Waals surface area contributed by atoms with Gasteiger partial charge in [-0.1, -0.05) is 58.6 Å². The number of hydrogen-bond donors (Lipinski definition) is 3. The molecule has 0 spiro atoms. The van der Waals surface area contributed by atoms with Gasteiger partial charge in [0.25, 0.3) is 0 Å². The molecule has 0 amide bonds. The van der Waals surface area contributed by atoms with Gasteiger partial charge in [-0.05, 0) is 50.2 Å². The van der Waals surface area contributed by atoms with Gasteiger partial charge < -0.3 is 48.5 Å². The van der Waals surface area contributed by atoms with Crippen LogP contribution in [0.25, 0.3) is 0 Å². The van der Waals surface area contributed by atoms with Gasteiger partial charge >= 0.3 is 17.9 Å². The van der Waals surface area contributed by atoms with E-state index in [1.165, 1.54) is 13.2 Å². The Kier molecular flexibility index (Phi) is 17.2. The van der Waals surface area contributed by atoms with Crippen LogP contribution in [0.15, 0.2) is 36.5 Å². The predicted molar refractivity (Wildman–Crippen MR) is 198 cm³/mol. The van der Waals surface area contributed by atoms with E-state index in [1.54, 1.807) is 32.1 Å². The minimum absolute atomic E-state index is 0.0116. The van der Waals surface area contributed by atoms with E-state index in [-0.39, 0.29) is 62.1 Å². The monoisotopic (exact) mass is 764 g/mol. The van der Waals surface area contributed by atoms with Gasteiger partial charge in [-0.3, -0.25) is 9.59 Å². The van der Waals surface area contributed by atoms with Gasteiger partial charge in [0.05, 0.1) is 56.8 Å². The highest BCUT2D eigenvalue weighted by Crippen LogP contribution is 2.47. The number of fused-ring (bicyclic) bond motifs is 6. The number of cyclic esters (lactones) is 1. The molecule has 4 aliphatic rings. The van der Waals surface area contributed by atoms with Crippen LogP contribution in [0, 0.1) is 5.41 Å². The topological polar surface area (TPSA) is 177 Å². The van der Waals surface area contributed by atoms with Crippen LogP contribution < -0.4 is 0 Å². The van der Waals surface area contributed by atoms with Gasteiger partial charge in [-0.15, -0.1) is 6.58 Å². The van der Waals surface area contributed by atoms with Crippen LogP contribution in [-0.4, -0.2) is 108 Å². The molecule has 306 valence electrons. The highest BCUT2D eigenvalue weighted by atomic mass is 16.7. The summed E-state index contributed by atoms with van der Waals surface area (Å²) in [6, 6.07) is 0. The Morgan fingerprint density at radius 3 is 2.39 bits per heavy atom. The van der Waals surface area contributed by atoms with Gasteiger partial charge in [-0.25, -0.2) is 4.79 Å². The van der Waals surface area contributed by atoms with E-state index in [1.807, 2.05) is 0 Å². The first kappa shape index (κ1) is 44.1. The van der Waals surface area contributed by atoms with Crippen LogP contribution in [-0.2, 0) is 47.5 Å². The van der Waals surface area contributed by atoms with Crippen molar-refractivity contribution in [1.29, 1.82) is 0 Å². The molecule has 3 saturated heterocycles. The summed E-state index contributed by atoms with van der Waals surface area (Å²) >= 11 is 0. The minimum Gasteiger partial charge on any atom is -0.466 e. The van der Waals surface area contributed by atoms with Crippen LogP contribution in [0.3, 0.4) is 0 Å². The molecule has 4 heterocycles. The summed E-state index contributed by atoms with van der Waals surface area (Å²) < 4.78 is 42.2. The summed E-state index contributed by atoms with van der Waals surface area (Å²) in [6.07, 6.45) is 9.26. The van der Waals surface area contributed by atoms with Crippen LogP contribution in [0.2, 0.25) is 0 Å². The summed E-state index contributed by atoms with van der Waals surface area (Å²) in [5, 5.41) is 33.9. The standard InChI is InChI=1S/C41H64O13/c1-6-8-9-10-11-16-35(44)53-39-27(20-36(45)48-5)19-33-25-34(26-42)50-37(46)22-28(43)21-30-14-12-15-31(49-30)24-32-23-29(13-7-2)51-38(52-32)17-18-40(3,4)41(39,47)54-33/h7,17-18,20,28-34,38-39,42-43,47H,2,6,8-16,19,21-26H2,1,3-5H3/t28-,29?,30+,31?,32?,33+,34?,38+,39+,41-/m1/s1. The number of aliphatic hydroxyl groups excluding tert-OH is 2. The molecule has 0 radical (unpaired) electrons. The summed E-state index contributed by atoms with van der Waals surface area (Å²) in [5.41, 5.74) is -1.08. The van der Waals surface area contributed by atoms with Gasteiger partial charge in [0.1, 0.15) is 6.10 Å². The fraction of sp³-hybridized carbons (Fsp3) is 0.780. The second-order valence-electron chi connectivity index (χ2n) is 15.8. The van der Waals surface area contributed by atoms with Crippen molar-refractivity contribution < 1.29 is 62.9 Å². The number of carbonyl (C=O) groups is 3. The Morgan fingerprint density at radius 1 is 0.963 bits per heavy atom. The molecule has 13 nitrogen and oxygen atoms in total. The minimum atomic E-state index is -2.27. The third-order valence-electron chi connectivity index (χ3n) is 10.9. The third-order valence-corrected chi connectivity index (χ3v) is 10.9. The molecule has 0 aromatic carbocycles. The largest absolute Gasteiger partial charge is 0.466 e. The van der Waals surface area contributed by atoms with Crippen molar-refractivity contribution in [1.82, 2.24) is 0 Å². The normalized spacial score (nSPS) is 35.7.